The molecule has 0 aliphatic carbocycles. The third-order valence-electron chi connectivity index (χ3n) is 3.05. The van der Waals surface area contributed by atoms with Crippen LogP contribution >= 0.6 is 0 Å². The molecule has 1 amide bonds. The lowest BCUT2D eigenvalue weighted by Crippen LogP contribution is -2.21. The normalized spacial score (nSPS) is 10.4. The number of aryl methyl sites for hydroxylation is 1. The third kappa shape index (κ3) is 5.13. The van der Waals surface area contributed by atoms with Crippen LogP contribution < -0.4 is 14.8 Å². The van der Waals surface area contributed by atoms with Crippen LogP contribution in [-0.2, 0) is 4.79 Å². The number of hydrogen-bond acceptors (Lipinski definition) is 5. The minimum Gasteiger partial charge on any atom is -0.477 e. The maximum Gasteiger partial charge on any atom is 0.387 e. The van der Waals surface area contributed by atoms with Crippen LogP contribution in [0.4, 0.5) is 20.2 Å². The Hall–Kier alpha value is -3.23. The molecule has 0 saturated carbocycles. The molecule has 0 atom stereocenters. The SMILES string of the molecule is Cc1ccc(OCC(=O)Nc2ccccc2OC(F)F)c([N+](=O)[O-])c1. The van der Waals surface area contributed by atoms with E-state index in [1.165, 1.54) is 36.4 Å². The van der Waals surface area contributed by atoms with Crippen molar-refractivity contribution in [1.82, 2.24) is 0 Å². The zero-order chi connectivity index (χ0) is 18.4. The van der Waals surface area contributed by atoms with Crippen molar-refractivity contribution in [3.8, 4) is 11.5 Å². The van der Waals surface area contributed by atoms with E-state index in [4.69, 9.17) is 4.74 Å². The second-order valence-corrected chi connectivity index (χ2v) is 4.94. The molecule has 7 nitrogen and oxygen atoms in total. The standard InChI is InChI=1S/C16H14F2N2O5/c1-10-6-7-14(12(8-10)20(22)23)24-9-15(21)19-11-4-2-3-5-13(11)25-16(17)18/h2-8,16H,9H2,1H3,(H,19,21). The fourth-order valence-corrected chi connectivity index (χ4v) is 1.99. The maximum absolute atomic E-state index is 12.3. The number of anilines is 1. The predicted molar refractivity (Wildman–Crippen MR) is 85.0 cm³/mol. The lowest BCUT2D eigenvalue weighted by Gasteiger charge is -2.12. The van der Waals surface area contributed by atoms with Crippen LogP contribution in [0.5, 0.6) is 11.5 Å². The van der Waals surface area contributed by atoms with Gasteiger partial charge in [0.25, 0.3) is 5.91 Å². The molecule has 0 aliphatic heterocycles. The second kappa shape index (κ2) is 8.04. The monoisotopic (exact) mass is 352 g/mol. The molecule has 0 aromatic heterocycles. The number of halogens is 2. The number of alkyl halides is 2. The molecule has 0 unspecified atom stereocenters. The van der Waals surface area contributed by atoms with Gasteiger partial charge in [-0.25, -0.2) is 0 Å². The molecule has 2 aromatic rings. The summed E-state index contributed by atoms with van der Waals surface area (Å²) in [4.78, 5) is 22.3. The highest BCUT2D eigenvalue weighted by molar-refractivity contribution is 5.93. The molecular weight excluding hydrogens is 338 g/mol. The first-order valence-electron chi connectivity index (χ1n) is 7.08. The van der Waals surface area contributed by atoms with E-state index in [-0.39, 0.29) is 22.9 Å². The van der Waals surface area contributed by atoms with Crippen LogP contribution in [0.3, 0.4) is 0 Å². The number of carbonyl (C=O) groups excluding carboxylic acids is 1. The zero-order valence-corrected chi connectivity index (χ0v) is 13.1. The molecule has 0 radical (unpaired) electrons. The second-order valence-electron chi connectivity index (χ2n) is 4.94. The summed E-state index contributed by atoms with van der Waals surface area (Å²) in [6, 6.07) is 9.95. The Morgan fingerprint density at radius 1 is 1.24 bits per heavy atom. The molecule has 0 aliphatic rings. The topological polar surface area (TPSA) is 90.7 Å². The minimum absolute atomic E-state index is 0.0369. The minimum atomic E-state index is -3.04. The smallest absolute Gasteiger partial charge is 0.387 e. The molecular formula is C16H14F2N2O5. The fourth-order valence-electron chi connectivity index (χ4n) is 1.99. The Kier molecular flexibility index (Phi) is 5.83. The number of para-hydroxylation sites is 2. The first kappa shape index (κ1) is 18.1. The van der Waals surface area contributed by atoms with E-state index in [1.54, 1.807) is 13.0 Å². The van der Waals surface area contributed by atoms with Crippen molar-refractivity contribution < 1.29 is 28.0 Å². The summed E-state index contributed by atoms with van der Waals surface area (Å²) in [6.45, 7) is -1.89. The molecule has 0 spiro atoms. The van der Waals surface area contributed by atoms with Gasteiger partial charge in [0.05, 0.1) is 10.6 Å². The first-order chi connectivity index (χ1) is 11.9. The molecule has 1 N–H and O–H groups in total. The van der Waals surface area contributed by atoms with Crippen molar-refractivity contribution in [3.05, 3.63) is 58.1 Å². The molecule has 2 rings (SSSR count). The Morgan fingerprint density at radius 2 is 1.96 bits per heavy atom. The lowest BCUT2D eigenvalue weighted by molar-refractivity contribution is -0.385. The summed E-state index contributed by atoms with van der Waals surface area (Å²) < 4.78 is 34.1. The first-order valence-corrected chi connectivity index (χ1v) is 7.08. The number of benzene rings is 2. The van der Waals surface area contributed by atoms with Gasteiger partial charge in [-0.15, -0.1) is 0 Å². The van der Waals surface area contributed by atoms with Gasteiger partial charge in [0.15, 0.2) is 12.4 Å². The van der Waals surface area contributed by atoms with E-state index < -0.39 is 24.0 Å². The maximum atomic E-state index is 12.3. The Labute approximate surface area is 141 Å². The lowest BCUT2D eigenvalue weighted by atomic mass is 10.2. The molecule has 132 valence electrons. The van der Waals surface area contributed by atoms with Gasteiger partial charge < -0.3 is 14.8 Å². The average molecular weight is 352 g/mol. The Bertz CT molecular complexity index is 783. The van der Waals surface area contributed by atoms with Crippen LogP contribution in [0.15, 0.2) is 42.5 Å². The van der Waals surface area contributed by atoms with Crippen molar-refractivity contribution in [2.75, 3.05) is 11.9 Å². The van der Waals surface area contributed by atoms with E-state index in [1.807, 2.05) is 0 Å². The van der Waals surface area contributed by atoms with Crippen LogP contribution in [0.25, 0.3) is 0 Å². The van der Waals surface area contributed by atoms with Crippen molar-refractivity contribution >= 4 is 17.3 Å². The number of nitrogens with zero attached hydrogens (tertiary/aromatic N) is 1. The number of nitrogens with one attached hydrogen (secondary N) is 1. The van der Waals surface area contributed by atoms with Crippen molar-refractivity contribution in [2.24, 2.45) is 0 Å². The van der Waals surface area contributed by atoms with Gasteiger partial charge in [-0.2, -0.15) is 8.78 Å². The van der Waals surface area contributed by atoms with Gasteiger partial charge >= 0.3 is 12.3 Å². The zero-order valence-electron chi connectivity index (χ0n) is 13.1. The summed E-state index contributed by atoms with van der Waals surface area (Å²) in [5.41, 5.74) is 0.436. The molecule has 0 heterocycles. The summed E-state index contributed by atoms with van der Waals surface area (Å²) in [5.74, 6) is -0.949. The highest BCUT2D eigenvalue weighted by atomic mass is 19.3. The number of amides is 1. The van der Waals surface area contributed by atoms with E-state index in [9.17, 15) is 23.7 Å². The highest BCUT2D eigenvalue weighted by Gasteiger charge is 2.17. The molecule has 0 saturated heterocycles. The van der Waals surface area contributed by atoms with Crippen LogP contribution in [0.1, 0.15) is 5.56 Å². The fraction of sp³-hybridized carbons (Fsp3) is 0.188. The summed E-state index contributed by atoms with van der Waals surface area (Å²) in [6.07, 6.45) is 0. The van der Waals surface area contributed by atoms with Gasteiger partial charge in [0, 0.05) is 6.07 Å². The van der Waals surface area contributed by atoms with Crippen molar-refractivity contribution in [2.45, 2.75) is 13.5 Å². The number of nitro benzene ring substituents is 1. The highest BCUT2D eigenvalue weighted by Crippen LogP contribution is 2.28. The van der Waals surface area contributed by atoms with Crippen molar-refractivity contribution in [1.29, 1.82) is 0 Å². The van der Waals surface area contributed by atoms with Crippen LogP contribution in [-0.4, -0.2) is 24.0 Å². The van der Waals surface area contributed by atoms with E-state index in [0.717, 1.165) is 0 Å². The van der Waals surface area contributed by atoms with Crippen LogP contribution in [0.2, 0.25) is 0 Å². The summed E-state index contributed by atoms with van der Waals surface area (Å²) >= 11 is 0. The summed E-state index contributed by atoms with van der Waals surface area (Å²) in [5, 5.41) is 13.3. The third-order valence-corrected chi connectivity index (χ3v) is 3.05. The Morgan fingerprint density at radius 3 is 2.64 bits per heavy atom. The predicted octanol–water partition coefficient (Wildman–Crippen LogP) is 3.52. The van der Waals surface area contributed by atoms with Crippen LogP contribution in [0, 0.1) is 17.0 Å². The van der Waals surface area contributed by atoms with Crippen molar-refractivity contribution in [3.63, 3.8) is 0 Å². The molecule has 9 heteroatoms. The van der Waals surface area contributed by atoms with Gasteiger partial charge in [-0.1, -0.05) is 18.2 Å². The molecule has 0 bridgehead atoms. The number of carbonyl (C=O) groups is 1. The molecule has 2 aromatic carbocycles. The Balaban J connectivity index is 2.04. The number of ether oxygens (including phenoxy) is 2. The number of rotatable bonds is 7. The van der Waals surface area contributed by atoms with E-state index >= 15 is 0 Å². The quantitative estimate of drug-likeness (QED) is 0.608. The number of hydrogen-bond donors (Lipinski definition) is 1. The number of nitro groups is 1. The van der Waals surface area contributed by atoms with Gasteiger partial charge in [0.2, 0.25) is 0 Å². The van der Waals surface area contributed by atoms with Gasteiger partial charge in [-0.05, 0) is 30.7 Å². The van der Waals surface area contributed by atoms with Gasteiger partial charge in [-0.3, -0.25) is 14.9 Å². The van der Waals surface area contributed by atoms with Gasteiger partial charge in [0.1, 0.15) is 5.75 Å². The molecule has 0 fully saturated rings. The van der Waals surface area contributed by atoms with E-state index in [0.29, 0.717) is 5.56 Å². The molecule has 25 heavy (non-hydrogen) atoms. The largest absolute Gasteiger partial charge is 0.477 e. The summed E-state index contributed by atoms with van der Waals surface area (Å²) in [7, 11) is 0. The average Bonchev–Trinajstić information content (AvgIpc) is 2.55. The van der Waals surface area contributed by atoms with E-state index in [2.05, 4.69) is 10.1 Å².